The zero-order valence-corrected chi connectivity index (χ0v) is 10.1. The normalized spacial score (nSPS) is 10.0. The van der Waals surface area contributed by atoms with E-state index in [1.54, 1.807) is 12.1 Å². The van der Waals surface area contributed by atoms with Gasteiger partial charge < -0.3 is 10.7 Å². The fourth-order valence-electron chi connectivity index (χ4n) is 1.52. The standard InChI is InChI=1S/C11H12N6O2/c1-7-2-4-8(5-3-7)15-10-9(17(18)19)11(16-12)14-6-13-10/h2-6H,12H2,1H3,(H2,13,14,15,16). The molecule has 0 saturated heterocycles. The van der Waals surface area contributed by atoms with Crippen LogP contribution < -0.4 is 16.6 Å². The lowest BCUT2D eigenvalue weighted by molar-refractivity contribution is -0.383. The van der Waals surface area contributed by atoms with E-state index < -0.39 is 4.92 Å². The Labute approximate surface area is 108 Å². The van der Waals surface area contributed by atoms with E-state index in [1.165, 1.54) is 6.33 Å². The molecule has 0 unspecified atom stereocenters. The molecule has 0 aliphatic heterocycles. The van der Waals surface area contributed by atoms with Crippen molar-refractivity contribution < 1.29 is 4.92 Å². The van der Waals surface area contributed by atoms with E-state index in [4.69, 9.17) is 5.84 Å². The van der Waals surface area contributed by atoms with Gasteiger partial charge in [0.25, 0.3) is 0 Å². The maximum atomic E-state index is 11.0. The van der Waals surface area contributed by atoms with Crippen LogP contribution in [-0.4, -0.2) is 14.9 Å². The van der Waals surface area contributed by atoms with Crippen molar-refractivity contribution in [3.63, 3.8) is 0 Å². The first kappa shape index (κ1) is 12.7. The first-order chi connectivity index (χ1) is 9.11. The summed E-state index contributed by atoms with van der Waals surface area (Å²) in [4.78, 5) is 18.0. The summed E-state index contributed by atoms with van der Waals surface area (Å²) in [5, 5.41) is 13.9. The van der Waals surface area contributed by atoms with Gasteiger partial charge in [0, 0.05) is 5.69 Å². The molecule has 0 bridgehead atoms. The molecule has 2 rings (SSSR count). The number of benzene rings is 1. The second kappa shape index (κ2) is 5.27. The Hall–Kier alpha value is -2.74. The summed E-state index contributed by atoms with van der Waals surface area (Å²) in [6.45, 7) is 1.95. The van der Waals surface area contributed by atoms with Crippen LogP contribution in [0.1, 0.15) is 5.56 Å². The number of rotatable bonds is 4. The van der Waals surface area contributed by atoms with Crippen LogP contribution in [-0.2, 0) is 0 Å². The van der Waals surface area contributed by atoms with Crippen molar-refractivity contribution in [2.75, 3.05) is 10.7 Å². The number of aryl methyl sites for hydroxylation is 1. The van der Waals surface area contributed by atoms with Crippen LogP contribution in [0.4, 0.5) is 23.0 Å². The molecule has 0 aliphatic carbocycles. The van der Waals surface area contributed by atoms with E-state index in [9.17, 15) is 10.1 Å². The molecule has 0 aliphatic rings. The van der Waals surface area contributed by atoms with Crippen LogP contribution in [0.25, 0.3) is 0 Å². The number of hydrogen-bond donors (Lipinski definition) is 3. The molecule has 0 saturated carbocycles. The smallest absolute Gasteiger partial charge is 0.334 e. The molecule has 2 aromatic rings. The van der Waals surface area contributed by atoms with Gasteiger partial charge in [-0.15, -0.1) is 0 Å². The van der Waals surface area contributed by atoms with Gasteiger partial charge >= 0.3 is 5.69 Å². The summed E-state index contributed by atoms with van der Waals surface area (Å²) in [7, 11) is 0. The van der Waals surface area contributed by atoms with Crippen molar-refractivity contribution in [2.45, 2.75) is 6.92 Å². The molecule has 1 aromatic carbocycles. The average Bonchev–Trinajstić information content (AvgIpc) is 2.40. The highest BCUT2D eigenvalue weighted by Gasteiger charge is 2.22. The Bertz CT molecular complexity index is 599. The van der Waals surface area contributed by atoms with Gasteiger partial charge in [0.15, 0.2) is 0 Å². The third-order valence-corrected chi connectivity index (χ3v) is 2.46. The van der Waals surface area contributed by atoms with Crippen LogP contribution in [0.15, 0.2) is 30.6 Å². The zero-order chi connectivity index (χ0) is 13.8. The molecule has 4 N–H and O–H groups in total. The summed E-state index contributed by atoms with van der Waals surface area (Å²) >= 11 is 0. The Balaban J connectivity index is 2.39. The van der Waals surface area contributed by atoms with Crippen LogP contribution in [0, 0.1) is 17.0 Å². The molecule has 0 fully saturated rings. The lowest BCUT2D eigenvalue weighted by atomic mass is 10.2. The summed E-state index contributed by atoms with van der Waals surface area (Å²) < 4.78 is 0. The predicted octanol–water partition coefficient (Wildman–Crippen LogP) is 1.72. The van der Waals surface area contributed by atoms with Crippen LogP contribution in [0.2, 0.25) is 0 Å². The third-order valence-electron chi connectivity index (χ3n) is 2.46. The maximum Gasteiger partial charge on any atom is 0.354 e. The number of aromatic nitrogens is 2. The summed E-state index contributed by atoms with van der Waals surface area (Å²) in [6.07, 6.45) is 1.19. The minimum Gasteiger partial charge on any atom is -0.334 e. The van der Waals surface area contributed by atoms with Gasteiger partial charge in [-0.25, -0.2) is 15.8 Å². The highest BCUT2D eigenvalue weighted by atomic mass is 16.6. The number of nitrogens with zero attached hydrogens (tertiary/aromatic N) is 3. The van der Waals surface area contributed by atoms with Gasteiger partial charge in [-0.1, -0.05) is 17.7 Å². The van der Waals surface area contributed by atoms with E-state index in [-0.39, 0.29) is 17.3 Å². The van der Waals surface area contributed by atoms with Gasteiger partial charge in [0.05, 0.1) is 4.92 Å². The molecule has 8 heteroatoms. The van der Waals surface area contributed by atoms with Crippen molar-refractivity contribution in [1.29, 1.82) is 0 Å². The van der Waals surface area contributed by atoms with Gasteiger partial charge in [-0.2, -0.15) is 0 Å². The van der Waals surface area contributed by atoms with Crippen molar-refractivity contribution in [3.8, 4) is 0 Å². The van der Waals surface area contributed by atoms with E-state index in [0.717, 1.165) is 5.56 Å². The number of anilines is 3. The molecule has 0 amide bonds. The minimum absolute atomic E-state index is 0.0467. The summed E-state index contributed by atoms with van der Waals surface area (Å²) in [5.41, 5.74) is 3.66. The number of nitrogens with one attached hydrogen (secondary N) is 2. The average molecular weight is 260 g/mol. The minimum atomic E-state index is -0.592. The van der Waals surface area contributed by atoms with Crippen molar-refractivity contribution >= 4 is 23.0 Å². The van der Waals surface area contributed by atoms with Gasteiger partial charge in [0.1, 0.15) is 6.33 Å². The third kappa shape index (κ3) is 2.75. The quantitative estimate of drug-likeness (QED) is 0.435. The Morgan fingerprint density at radius 3 is 2.42 bits per heavy atom. The van der Waals surface area contributed by atoms with Crippen molar-refractivity contribution in [3.05, 3.63) is 46.3 Å². The molecule has 0 radical (unpaired) electrons. The van der Waals surface area contributed by atoms with Crippen LogP contribution >= 0.6 is 0 Å². The zero-order valence-electron chi connectivity index (χ0n) is 10.1. The fraction of sp³-hybridized carbons (Fsp3) is 0.0909. The van der Waals surface area contributed by atoms with E-state index in [0.29, 0.717) is 5.69 Å². The Morgan fingerprint density at radius 1 is 1.21 bits per heavy atom. The van der Waals surface area contributed by atoms with Crippen LogP contribution in [0.5, 0.6) is 0 Å². The summed E-state index contributed by atoms with van der Waals surface area (Å²) in [5.74, 6) is 5.23. The van der Waals surface area contributed by atoms with E-state index >= 15 is 0 Å². The molecule has 0 spiro atoms. The fourth-order valence-corrected chi connectivity index (χ4v) is 1.52. The molecule has 8 nitrogen and oxygen atoms in total. The number of nitro groups is 1. The second-order valence-electron chi connectivity index (χ2n) is 3.81. The maximum absolute atomic E-state index is 11.0. The first-order valence-corrected chi connectivity index (χ1v) is 5.41. The molecule has 1 heterocycles. The summed E-state index contributed by atoms with van der Waals surface area (Å²) in [6, 6.07) is 7.38. The van der Waals surface area contributed by atoms with Crippen molar-refractivity contribution in [1.82, 2.24) is 9.97 Å². The molecule has 98 valence electrons. The monoisotopic (exact) mass is 260 g/mol. The van der Waals surface area contributed by atoms with Gasteiger partial charge in [-0.05, 0) is 19.1 Å². The second-order valence-corrected chi connectivity index (χ2v) is 3.81. The molecule has 19 heavy (non-hydrogen) atoms. The molecule has 1 aromatic heterocycles. The first-order valence-electron chi connectivity index (χ1n) is 5.41. The van der Waals surface area contributed by atoms with Gasteiger partial charge in [0.2, 0.25) is 11.6 Å². The molecular formula is C11H12N6O2. The SMILES string of the molecule is Cc1ccc(Nc2ncnc(NN)c2[N+](=O)[O-])cc1. The van der Waals surface area contributed by atoms with Crippen LogP contribution in [0.3, 0.4) is 0 Å². The molecule has 0 atom stereocenters. The lowest BCUT2D eigenvalue weighted by Crippen LogP contribution is -2.12. The van der Waals surface area contributed by atoms with Gasteiger partial charge in [-0.3, -0.25) is 10.1 Å². The predicted molar refractivity (Wildman–Crippen MR) is 71.0 cm³/mol. The van der Waals surface area contributed by atoms with E-state index in [1.807, 2.05) is 19.1 Å². The highest BCUT2D eigenvalue weighted by Crippen LogP contribution is 2.30. The number of nitrogen functional groups attached to an aromatic ring is 1. The Morgan fingerprint density at radius 2 is 1.84 bits per heavy atom. The largest absolute Gasteiger partial charge is 0.354 e. The highest BCUT2D eigenvalue weighted by molar-refractivity contribution is 5.73. The number of hydrogen-bond acceptors (Lipinski definition) is 7. The number of hydrazine groups is 1. The number of nitrogens with two attached hydrogens (primary N) is 1. The topological polar surface area (TPSA) is 119 Å². The van der Waals surface area contributed by atoms with Crippen molar-refractivity contribution in [2.24, 2.45) is 5.84 Å². The lowest BCUT2D eigenvalue weighted by Gasteiger charge is -2.08. The van der Waals surface area contributed by atoms with E-state index in [2.05, 4.69) is 20.7 Å². The Kier molecular flexibility index (Phi) is 3.53. The molecular weight excluding hydrogens is 248 g/mol.